The third-order valence-corrected chi connectivity index (χ3v) is 1.73. The summed E-state index contributed by atoms with van der Waals surface area (Å²) in [5, 5.41) is 2.77. The van der Waals surface area contributed by atoms with Crippen LogP contribution in [0, 0.1) is 4.91 Å². The second-order valence-electron chi connectivity index (χ2n) is 2.46. The molecule has 0 aliphatic rings. The average molecular weight is 161 g/mol. The number of nitrogens with zero attached hydrogens (tertiary/aromatic N) is 1. The van der Waals surface area contributed by atoms with E-state index < -0.39 is 0 Å². The van der Waals surface area contributed by atoms with Crippen molar-refractivity contribution in [2.24, 2.45) is 5.18 Å². The molecule has 0 heterocycles. The second kappa shape index (κ2) is 3.81. The van der Waals surface area contributed by atoms with Gasteiger partial charge in [0.05, 0.1) is 0 Å². The van der Waals surface area contributed by atoms with Gasteiger partial charge in [-0.2, -0.15) is 0 Å². The van der Waals surface area contributed by atoms with E-state index in [2.05, 4.69) is 5.18 Å². The van der Waals surface area contributed by atoms with E-state index in [0.717, 1.165) is 12.7 Å². The first-order valence-electron chi connectivity index (χ1n) is 3.73. The number of carbonyl (C=O) groups is 1. The minimum atomic E-state index is 0.226. The number of benzene rings is 1. The lowest BCUT2D eigenvalue weighted by Crippen LogP contribution is -2.09. The fraction of sp³-hybridized carbons (Fsp3) is 0.125. The van der Waals surface area contributed by atoms with E-state index in [9.17, 15) is 9.70 Å². The first-order chi connectivity index (χ1) is 5.81. The Kier molecular flexibility index (Phi) is 2.74. The van der Waals surface area contributed by atoms with Crippen molar-refractivity contribution in [1.29, 1.82) is 0 Å². The molecule has 0 amide bonds. The molecule has 3 nitrogen and oxygen atoms in total. The number of hydrogen-bond donors (Lipinski definition) is 0. The topological polar surface area (TPSA) is 46.5 Å². The maximum absolute atomic E-state index is 10.4. The molecule has 0 aliphatic heterocycles. The van der Waals surface area contributed by atoms with E-state index in [4.69, 9.17) is 0 Å². The van der Waals surface area contributed by atoms with Crippen molar-refractivity contribution in [1.82, 2.24) is 0 Å². The lowest BCUT2D eigenvalue weighted by molar-refractivity contribution is 0.112. The maximum atomic E-state index is 10.4. The van der Waals surface area contributed by atoms with Crippen molar-refractivity contribution in [3.05, 3.63) is 28.7 Å². The summed E-state index contributed by atoms with van der Waals surface area (Å²) in [7, 11) is 0.835. The summed E-state index contributed by atoms with van der Waals surface area (Å²) in [6, 6.07) is 5.07. The van der Waals surface area contributed by atoms with E-state index in [1.54, 1.807) is 12.1 Å². The van der Waals surface area contributed by atoms with Crippen LogP contribution in [0.4, 0.5) is 5.69 Å². The van der Waals surface area contributed by atoms with Gasteiger partial charge < -0.3 is 0 Å². The van der Waals surface area contributed by atoms with Crippen LogP contribution in [0.25, 0.3) is 0 Å². The normalized spacial score (nSPS) is 9.08. The quantitative estimate of drug-likeness (QED) is 0.377. The third-order valence-electron chi connectivity index (χ3n) is 1.73. The van der Waals surface area contributed by atoms with Crippen molar-refractivity contribution >= 4 is 24.7 Å². The molecule has 0 radical (unpaired) electrons. The lowest BCUT2D eigenvalue weighted by Gasteiger charge is -1.97. The largest absolute Gasteiger partial charge is 0.298 e. The molecule has 1 aromatic rings. The Labute approximate surface area is 71.0 Å². The smallest absolute Gasteiger partial charge is 0.154 e. The van der Waals surface area contributed by atoms with Crippen molar-refractivity contribution < 1.29 is 4.79 Å². The molecule has 1 rings (SSSR count). The van der Waals surface area contributed by atoms with Gasteiger partial charge in [0.1, 0.15) is 5.69 Å². The summed E-state index contributed by atoms with van der Waals surface area (Å²) in [6.07, 6.45) is 0.635. The van der Waals surface area contributed by atoms with Crippen molar-refractivity contribution in [2.75, 3.05) is 0 Å². The van der Waals surface area contributed by atoms with Gasteiger partial charge in [-0.1, -0.05) is 18.4 Å². The zero-order valence-electron chi connectivity index (χ0n) is 6.78. The standard InChI is InChI=1S/C8H8BNO2/c1-9-7-3-2-6(5-11)8(4-7)10-12/h2-5,9H,1H3. The highest BCUT2D eigenvalue weighted by Gasteiger charge is 2.01. The zero-order valence-corrected chi connectivity index (χ0v) is 6.78. The molecule has 0 aromatic heterocycles. The van der Waals surface area contributed by atoms with Crippen LogP contribution in [0.2, 0.25) is 6.82 Å². The molecule has 1 aromatic carbocycles. The van der Waals surface area contributed by atoms with Gasteiger partial charge >= 0.3 is 0 Å². The molecule has 0 saturated heterocycles. The van der Waals surface area contributed by atoms with Crippen LogP contribution >= 0.6 is 0 Å². The molecule has 0 atom stereocenters. The Morgan fingerprint density at radius 3 is 2.75 bits per heavy atom. The molecule has 0 spiro atoms. The van der Waals surface area contributed by atoms with Crippen LogP contribution in [0.1, 0.15) is 10.4 Å². The van der Waals surface area contributed by atoms with Crippen LogP contribution < -0.4 is 5.46 Å². The van der Waals surface area contributed by atoms with E-state index in [-0.39, 0.29) is 5.69 Å². The van der Waals surface area contributed by atoms with Crippen molar-refractivity contribution in [2.45, 2.75) is 6.82 Å². The van der Waals surface area contributed by atoms with E-state index in [0.29, 0.717) is 11.8 Å². The van der Waals surface area contributed by atoms with Crippen molar-refractivity contribution in [3.8, 4) is 0 Å². The molecule has 0 fully saturated rings. The number of nitroso groups, excluding NO2 is 1. The molecule has 60 valence electrons. The molecular weight excluding hydrogens is 153 g/mol. The summed E-state index contributed by atoms with van der Waals surface area (Å²) < 4.78 is 0. The summed E-state index contributed by atoms with van der Waals surface area (Å²) in [4.78, 5) is 20.6. The number of carbonyl (C=O) groups excluding carboxylic acids is 1. The van der Waals surface area contributed by atoms with Crippen LogP contribution in [0.3, 0.4) is 0 Å². The molecule has 0 saturated carbocycles. The van der Waals surface area contributed by atoms with E-state index in [1.165, 1.54) is 0 Å². The Morgan fingerprint density at radius 2 is 2.25 bits per heavy atom. The monoisotopic (exact) mass is 161 g/mol. The summed E-state index contributed by atoms with van der Waals surface area (Å²) in [5.41, 5.74) is 1.58. The van der Waals surface area contributed by atoms with Crippen LogP contribution in [0.15, 0.2) is 23.4 Å². The van der Waals surface area contributed by atoms with E-state index >= 15 is 0 Å². The molecule has 0 unspecified atom stereocenters. The van der Waals surface area contributed by atoms with Crippen LogP contribution in [-0.2, 0) is 0 Å². The predicted molar refractivity (Wildman–Crippen MR) is 49.9 cm³/mol. The highest BCUT2D eigenvalue weighted by atomic mass is 16.3. The molecule has 0 bridgehead atoms. The minimum absolute atomic E-state index is 0.226. The third kappa shape index (κ3) is 1.58. The lowest BCUT2D eigenvalue weighted by atomic mass is 9.73. The highest BCUT2D eigenvalue weighted by molar-refractivity contribution is 6.52. The molecule has 0 aliphatic carbocycles. The Hall–Kier alpha value is -1.45. The zero-order chi connectivity index (χ0) is 8.97. The van der Waals surface area contributed by atoms with Gasteiger partial charge in [-0.15, -0.1) is 4.91 Å². The van der Waals surface area contributed by atoms with Gasteiger partial charge in [0.25, 0.3) is 0 Å². The van der Waals surface area contributed by atoms with E-state index in [1.807, 2.05) is 12.9 Å². The van der Waals surface area contributed by atoms with Crippen LogP contribution in [0.5, 0.6) is 0 Å². The predicted octanol–water partition coefficient (Wildman–Crippen LogP) is 1.01. The van der Waals surface area contributed by atoms with Crippen molar-refractivity contribution in [3.63, 3.8) is 0 Å². The molecule has 4 heteroatoms. The molecule has 0 N–H and O–H groups in total. The van der Waals surface area contributed by atoms with Gasteiger partial charge in [-0.05, 0) is 17.3 Å². The first-order valence-corrected chi connectivity index (χ1v) is 3.73. The average Bonchev–Trinajstić information content (AvgIpc) is 2.16. The molecule has 12 heavy (non-hydrogen) atoms. The SMILES string of the molecule is CBc1ccc(C=O)c(N=O)c1. The van der Waals surface area contributed by atoms with Gasteiger partial charge in [0.15, 0.2) is 13.6 Å². The number of aldehydes is 1. The Bertz CT molecular complexity index is 312. The Morgan fingerprint density at radius 1 is 1.50 bits per heavy atom. The molecular formula is C8H8BNO2. The fourth-order valence-electron chi connectivity index (χ4n) is 0.988. The first kappa shape index (κ1) is 8.65. The summed E-state index contributed by atoms with van der Waals surface area (Å²) in [6.45, 7) is 1.98. The maximum Gasteiger partial charge on any atom is 0.154 e. The van der Waals surface area contributed by atoms with Gasteiger partial charge in [-0.25, -0.2) is 0 Å². The summed E-state index contributed by atoms with van der Waals surface area (Å²) in [5.74, 6) is 0. The fourth-order valence-corrected chi connectivity index (χ4v) is 0.988. The van der Waals surface area contributed by atoms with Gasteiger partial charge in [0.2, 0.25) is 0 Å². The van der Waals surface area contributed by atoms with Gasteiger partial charge in [-0.3, -0.25) is 4.79 Å². The van der Waals surface area contributed by atoms with Gasteiger partial charge in [0, 0.05) is 5.56 Å². The Balaban J connectivity index is 3.18. The minimum Gasteiger partial charge on any atom is -0.298 e. The number of hydrogen-bond acceptors (Lipinski definition) is 3. The summed E-state index contributed by atoms with van der Waals surface area (Å²) >= 11 is 0. The number of rotatable bonds is 3. The second-order valence-corrected chi connectivity index (χ2v) is 2.46. The highest BCUT2D eigenvalue weighted by Crippen LogP contribution is 2.14. The van der Waals surface area contributed by atoms with Crippen LogP contribution in [-0.4, -0.2) is 13.6 Å².